The number of ether oxygens (including phenoxy) is 3. The lowest BCUT2D eigenvalue weighted by atomic mass is 10.1. The first kappa shape index (κ1) is 24.0. The van der Waals surface area contributed by atoms with Crippen LogP contribution in [0, 0.1) is 0 Å². The molecule has 1 atom stereocenters. The van der Waals surface area contributed by atoms with E-state index in [1.807, 2.05) is 57.2 Å². The molecule has 0 spiro atoms. The smallest absolute Gasteiger partial charge is 0.407 e. The van der Waals surface area contributed by atoms with E-state index in [2.05, 4.69) is 27.9 Å². The third-order valence-corrected chi connectivity index (χ3v) is 5.19. The molecule has 30 heavy (non-hydrogen) atoms. The third kappa shape index (κ3) is 7.85. The Labute approximate surface area is 191 Å². The van der Waals surface area contributed by atoms with E-state index >= 15 is 0 Å². The predicted octanol–water partition coefficient (Wildman–Crippen LogP) is 4.92. The standard InChI is InChI=1S/C23H28INO5/c1-23(2,3)30-22(27)25-18(14-24)13-16-9-11-19(12-10-16)29-15-17-7-5-6-8-20(17)21(26)28-4/h5-12,18H,13-15H2,1-4H3,(H,25,27)/t18-/m1/s1. The third-order valence-electron chi connectivity index (χ3n) is 4.13. The topological polar surface area (TPSA) is 73.9 Å². The van der Waals surface area contributed by atoms with Gasteiger partial charge in [-0.1, -0.05) is 52.9 Å². The second kappa shape index (κ2) is 11.2. The Balaban J connectivity index is 1.93. The normalized spacial score (nSPS) is 12.0. The first-order valence-corrected chi connectivity index (χ1v) is 11.2. The molecule has 7 heteroatoms. The van der Waals surface area contributed by atoms with Gasteiger partial charge in [-0.15, -0.1) is 0 Å². The van der Waals surface area contributed by atoms with E-state index in [0.29, 0.717) is 17.7 Å². The summed E-state index contributed by atoms with van der Waals surface area (Å²) in [5, 5.41) is 2.91. The van der Waals surface area contributed by atoms with Gasteiger partial charge in [0.25, 0.3) is 0 Å². The molecule has 1 N–H and O–H groups in total. The first-order valence-electron chi connectivity index (χ1n) is 9.65. The van der Waals surface area contributed by atoms with Gasteiger partial charge in [-0.3, -0.25) is 0 Å². The zero-order chi connectivity index (χ0) is 22.1. The number of amides is 1. The van der Waals surface area contributed by atoms with Gasteiger partial charge in [0.15, 0.2) is 0 Å². The van der Waals surface area contributed by atoms with Gasteiger partial charge in [0.1, 0.15) is 18.0 Å². The van der Waals surface area contributed by atoms with Crippen molar-refractivity contribution in [2.24, 2.45) is 0 Å². The fourth-order valence-electron chi connectivity index (χ4n) is 2.74. The van der Waals surface area contributed by atoms with E-state index in [0.717, 1.165) is 15.6 Å². The van der Waals surface area contributed by atoms with E-state index in [1.54, 1.807) is 12.1 Å². The van der Waals surface area contributed by atoms with Gasteiger partial charge in [0, 0.05) is 16.0 Å². The number of carbonyl (C=O) groups is 2. The second-order valence-electron chi connectivity index (χ2n) is 7.78. The molecule has 6 nitrogen and oxygen atoms in total. The molecule has 0 heterocycles. The zero-order valence-corrected chi connectivity index (χ0v) is 19.9. The molecule has 0 unspecified atom stereocenters. The van der Waals surface area contributed by atoms with Crippen LogP contribution in [0.5, 0.6) is 5.75 Å². The quantitative estimate of drug-likeness (QED) is 0.301. The maximum absolute atomic E-state index is 12.0. The van der Waals surface area contributed by atoms with Crippen molar-refractivity contribution in [3.63, 3.8) is 0 Å². The summed E-state index contributed by atoms with van der Waals surface area (Å²) in [5.41, 5.74) is 1.82. The highest BCUT2D eigenvalue weighted by Crippen LogP contribution is 2.18. The van der Waals surface area contributed by atoms with Crippen LogP contribution in [0.3, 0.4) is 0 Å². The van der Waals surface area contributed by atoms with Crippen molar-refractivity contribution in [3.05, 3.63) is 65.2 Å². The van der Waals surface area contributed by atoms with Crippen LogP contribution in [-0.4, -0.2) is 35.2 Å². The van der Waals surface area contributed by atoms with Gasteiger partial charge in [-0.2, -0.15) is 0 Å². The van der Waals surface area contributed by atoms with Gasteiger partial charge in [0.05, 0.1) is 12.7 Å². The molecule has 0 bridgehead atoms. The van der Waals surface area contributed by atoms with E-state index < -0.39 is 11.7 Å². The molecule has 0 aliphatic carbocycles. The molecule has 0 radical (unpaired) electrons. The van der Waals surface area contributed by atoms with E-state index in [4.69, 9.17) is 14.2 Å². The van der Waals surface area contributed by atoms with Gasteiger partial charge >= 0.3 is 12.1 Å². The molecule has 2 aromatic carbocycles. The molecule has 0 aliphatic rings. The average Bonchev–Trinajstić information content (AvgIpc) is 2.71. The Morgan fingerprint density at radius 3 is 2.33 bits per heavy atom. The number of hydrogen-bond donors (Lipinski definition) is 1. The molecule has 1 amide bonds. The van der Waals surface area contributed by atoms with Gasteiger partial charge in [0.2, 0.25) is 0 Å². The molecule has 0 aliphatic heterocycles. The lowest BCUT2D eigenvalue weighted by Crippen LogP contribution is -2.41. The van der Waals surface area contributed by atoms with Gasteiger partial charge < -0.3 is 19.5 Å². The van der Waals surface area contributed by atoms with E-state index in [1.165, 1.54) is 7.11 Å². The summed E-state index contributed by atoms with van der Waals surface area (Å²) < 4.78 is 16.7. The monoisotopic (exact) mass is 525 g/mol. The highest BCUT2D eigenvalue weighted by Gasteiger charge is 2.19. The molecule has 0 aromatic heterocycles. The number of esters is 1. The molecule has 0 saturated heterocycles. The molecule has 2 rings (SSSR count). The molecular weight excluding hydrogens is 497 g/mol. The molecule has 0 fully saturated rings. The number of halogens is 1. The van der Waals surface area contributed by atoms with E-state index in [9.17, 15) is 9.59 Å². The first-order chi connectivity index (χ1) is 14.2. The lowest BCUT2D eigenvalue weighted by molar-refractivity contribution is 0.0509. The van der Waals surface area contributed by atoms with Crippen molar-refractivity contribution in [1.29, 1.82) is 0 Å². The van der Waals surface area contributed by atoms with Crippen molar-refractivity contribution < 1.29 is 23.8 Å². The van der Waals surface area contributed by atoms with Crippen molar-refractivity contribution >= 4 is 34.7 Å². The summed E-state index contributed by atoms with van der Waals surface area (Å²) in [6.45, 7) is 5.79. The van der Waals surface area contributed by atoms with Crippen LogP contribution in [-0.2, 0) is 22.5 Å². The highest BCUT2D eigenvalue weighted by molar-refractivity contribution is 14.1. The van der Waals surface area contributed by atoms with Crippen molar-refractivity contribution in [3.8, 4) is 5.75 Å². The molecular formula is C23H28INO5. The second-order valence-corrected chi connectivity index (χ2v) is 8.66. The summed E-state index contributed by atoms with van der Waals surface area (Å²) in [5.74, 6) is 0.316. The minimum atomic E-state index is -0.522. The summed E-state index contributed by atoms with van der Waals surface area (Å²) in [6.07, 6.45) is 0.279. The van der Waals surface area contributed by atoms with E-state index in [-0.39, 0.29) is 18.6 Å². The maximum atomic E-state index is 12.0. The Morgan fingerprint density at radius 1 is 1.07 bits per heavy atom. The average molecular weight is 525 g/mol. The predicted molar refractivity (Wildman–Crippen MR) is 124 cm³/mol. The number of alkyl carbamates (subject to hydrolysis) is 1. The number of alkyl halides is 1. The summed E-state index contributed by atoms with van der Waals surface area (Å²) in [6, 6.07) is 14.9. The van der Waals surface area contributed by atoms with Crippen LogP contribution in [0.1, 0.15) is 42.3 Å². The number of nitrogens with one attached hydrogen (secondary N) is 1. The Kier molecular flexibility index (Phi) is 8.95. The van der Waals surface area contributed by atoms with Gasteiger partial charge in [-0.05, 0) is 51.0 Å². The fraction of sp³-hybridized carbons (Fsp3) is 0.391. The summed E-state index contributed by atoms with van der Waals surface area (Å²) in [7, 11) is 1.36. The van der Waals surface area contributed by atoms with Crippen molar-refractivity contribution in [1.82, 2.24) is 5.32 Å². The maximum Gasteiger partial charge on any atom is 0.407 e. The highest BCUT2D eigenvalue weighted by atomic mass is 127. The molecule has 2 aromatic rings. The number of benzene rings is 2. The van der Waals surface area contributed by atoms with Crippen LogP contribution < -0.4 is 10.1 Å². The molecule has 162 valence electrons. The SMILES string of the molecule is COC(=O)c1ccccc1COc1ccc(C[C@H](CI)NC(=O)OC(C)(C)C)cc1. The van der Waals surface area contributed by atoms with Crippen LogP contribution in [0.2, 0.25) is 0 Å². The van der Waals surface area contributed by atoms with Crippen molar-refractivity contribution in [2.45, 2.75) is 45.4 Å². The minimum Gasteiger partial charge on any atom is -0.489 e. The Morgan fingerprint density at radius 2 is 1.73 bits per heavy atom. The molecule has 0 saturated carbocycles. The Bertz CT molecular complexity index is 845. The number of carbonyl (C=O) groups excluding carboxylic acids is 2. The van der Waals surface area contributed by atoms with Crippen LogP contribution >= 0.6 is 22.6 Å². The fourth-order valence-corrected chi connectivity index (χ4v) is 3.27. The van der Waals surface area contributed by atoms with Gasteiger partial charge in [-0.25, -0.2) is 9.59 Å². The number of hydrogen-bond acceptors (Lipinski definition) is 5. The number of methoxy groups -OCH3 is 1. The van der Waals surface area contributed by atoms with Crippen LogP contribution in [0.25, 0.3) is 0 Å². The number of rotatable bonds is 8. The van der Waals surface area contributed by atoms with Crippen molar-refractivity contribution in [2.75, 3.05) is 11.5 Å². The summed E-state index contributed by atoms with van der Waals surface area (Å²) in [4.78, 5) is 23.9. The Hall–Kier alpha value is -2.29. The minimum absolute atomic E-state index is 0.0286. The van der Waals surface area contributed by atoms with Crippen LogP contribution in [0.15, 0.2) is 48.5 Å². The largest absolute Gasteiger partial charge is 0.489 e. The lowest BCUT2D eigenvalue weighted by Gasteiger charge is -2.23. The van der Waals surface area contributed by atoms with Crippen LogP contribution in [0.4, 0.5) is 4.79 Å². The summed E-state index contributed by atoms with van der Waals surface area (Å²) >= 11 is 2.25. The zero-order valence-electron chi connectivity index (χ0n) is 17.7.